The lowest BCUT2D eigenvalue weighted by atomic mass is 9.64. The van der Waals surface area contributed by atoms with Crippen molar-refractivity contribution in [1.29, 1.82) is 0 Å². The largest absolute Gasteiger partial charge is 0.456 e. The molecule has 486 valence electrons. The van der Waals surface area contributed by atoms with Crippen LogP contribution in [0.1, 0.15) is 99.9 Å². The molecule has 22 rings (SSSR count). The second-order valence-electron chi connectivity index (χ2n) is 31.2. The molecule has 8 heterocycles. The third-order valence-electron chi connectivity index (χ3n) is 24.2. The summed E-state index contributed by atoms with van der Waals surface area (Å²) in [5.41, 5.74) is 34.7. The Kier molecular flexibility index (Phi) is 11.2. The fraction of sp³-hybridized carbons (Fsp3) is 0.125. The maximum atomic E-state index is 6.39. The maximum Gasteiger partial charge on any atom is 0.135 e. The van der Waals surface area contributed by atoms with Gasteiger partial charge in [0.1, 0.15) is 44.7 Å². The van der Waals surface area contributed by atoms with Crippen molar-refractivity contribution in [3.63, 3.8) is 0 Å². The average molecular weight is 1310 g/mol. The first-order valence-electron chi connectivity index (χ1n) is 35.7. The van der Waals surface area contributed by atoms with Crippen LogP contribution in [0.5, 0.6) is 0 Å². The molecule has 0 amide bonds. The zero-order valence-corrected chi connectivity index (χ0v) is 57.9. The third kappa shape index (κ3) is 7.79. The zero-order chi connectivity index (χ0) is 68.2. The van der Waals surface area contributed by atoms with Crippen molar-refractivity contribution in [2.75, 3.05) is 9.80 Å². The number of furan rings is 4. The number of hydrogen-bond donors (Lipinski definition) is 0. The molecule has 0 N–H and O–H groups in total. The van der Waals surface area contributed by atoms with Crippen LogP contribution in [0.4, 0.5) is 34.1 Å². The maximum absolute atomic E-state index is 6.39. The Hall–Kier alpha value is -12.1. The van der Waals surface area contributed by atoms with Crippen molar-refractivity contribution in [2.45, 2.75) is 77.0 Å². The summed E-state index contributed by atoms with van der Waals surface area (Å²) >= 11 is 0. The van der Waals surface area contributed by atoms with Crippen LogP contribution in [0, 0.1) is 0 Å². The van der Waals surface area contributed by atoms with Crippen molar-refractivity contribution in [2.24, 2.45) is 0 Å². The predicted octanol–water partition coefficient (Wildman–Crippen LogP) is 27.1. The highest BCUT2D eigenvalue weighted by Crippen LogP contribution is 2.65. The van der Waals surface area contributed by atoms with Crippen LogP contribution in [-0.2, 0) is 21.7 Å². The van der Waals surface area contributed by atoms with Gasteiger partial charge in [0.05, 0.1) is 34.1 Å². The fourth-order valence-corrected chi connectivity index (χ4v) is 18.6. The molecule has 18 aromatic rings. The molecular weight excluding hydrogens is 1250 g/mol. The Balaban J connectivity index is 0.763. The summed E-state index contributed by atoms with van der Waals surface area (Å²) in [7, 11) is 0. The standard InChI is InChI=1S/C96H68N2O4/c1-93(2)71-45-57(53-29-37-87-67(41-53)63-17-9-13-21-83(63)99-87)25-33-79(71)97-80-34-26-58(54-30-38-88-68(42-54)64-18-10-14-22-84(64)100-88)46-72(80)94(3,4)76-50-61(49-75(93)91(76)97)62-51-77-92-78(52-62)96(7,8)74-48-60(56-32-40-90-70(44-56)66-20-12-16-24-86(66)102-90)28-36-82(74)98(92)81-35-27-59(47-73(81)95(77,5)6)55-31-39-89-69(43-55)65-19-11-15-23-85(65)101-89/h9-52H,1-8H3. The molecular formula is C96H68N2O4. The van der Waals surface area contributed by atoms with Gasteiger partial charge in [0, 0.05) is 64.7 Å². The minimum absolute atomic E-state index is 0.454. The van der Waals surface area contributed by atoms with Crippen LogP contribution in [-0.4, -0.2) is 0 Å². The summed E-state index contributed by atoms with van der Waals surface area (Å²) in [6.45, 7) is 19.7. The molecule has 0 saturated carbocycles. The van der Waals surface area contributed by atoms with E-state index in [1.807, 2.05) is 24.3 Å². The first kappa shape index (κ1) is 57.8. The molecule has 0 atom stereocenters. The number of benzene rings is 14. The van der Waals surface area contributed by atoms with Crippen LogP contribution in [0.15, 0.2) is 285 Å². The number of rotatable bonds is 5. The van der Waals surface area contributed by atoms with Gasteiger partial charge in [0.2, 0.25) is 0 Å². The second-order valence-corrected chi connectivity index (χ2v) is 31.2. The summed E-state index contributed by atoms with van der Waals surface area (Å²) in [5.74, 6) is 0. The Labute approximate surface area is 589 Å². The van der Waals surface area contributed by atoms with Gasteiger partial charge in [-0.05, 0) is 246 Å². The van der Waals surface area contributed by atoms with Gasteiger partial charge in [0.25, 0.3) is 0 Å². The predicted molar refractivity (Wildman–Crippen MR) is 421 cm³/mol. The van der Waals surface area contributed by atoms with E-state index < -0.39 is 21.7 Å². The normalized spacial score (nSPS) is 15.5. The molecule has 0 bridgehead atoms. The lowest BCUT2D eigenvalue weighted by Gasteiger charge is -2.50. The lowest BCUT2D eigenvalue weighted by Crippen LogP contribution is -2.38. The average Bonchev–Trinajstić information content (AvgIpc) is 0.866. The van der Waals surface area contributed by atoms with Gasteiger partial charge in [-0.3, -0.25) is 0 Å². The van der Waals surface area contributed by atoms with E-state index in [1.165, 1.54) is 112 Å². The van der Waals surface area contributed by atoms with Crippen LogP contribution in [0.2, 0.25) is 0 Å². The van der Waals surface area contributed by atoms with Crippen LogP contribution >= 0.6 is 0 Å². The molecule has 6 heteroatoms. The lowest BCUT2D eigenvalue weighted by molar-refractivity contribution is 0.596. The topological polar surface area (TPSA) is 59.0 Å². The quantitative estimate of drug-likeness (QED) is 0.171. The monoisotopic (exact) mass is 1310 g/mol. The van der Waals surface area contributed by atoms with Crippen molar-refractivity contribution in [1.82, 2.24) is 0 Å². The van der Waals surface area contributed by atoms with Gasteiger partial charge < -0.3 is 27.5 Å². The molecule has 4 aromatic heterocycles. The first-order valence-corrected chi connectivity index (χ1v) is 35.7. The highest BCUT2D eigenvalue weighted by molar-refractivity contribution is 6.11. The number of fused-ring (bicyclic) bond motifs is 20. The van der Waals surface area contributed by atoms with Crippen molar-refractivity contribution >= 4 is 122 Å². The van der Waals surface area contributed by atoms with E-state index in [9.17, 15) is 0 Å². The molecule has 0 saturated heterocycles. The van der Waals surface area contributed by atoms with Gasteiger partial charge in [-0.15, -0.1) is 0 Å². The van der Waals surface area contributed by atoms with Gasteiger partial charge in [0.15, 0.2) is 0 Å². The minimum atomic E-state index is -0.454. The summed E-state index contributed by atoms with van der Waals surface area (Å²) in [4.78, 5) is 5.23. The highest BCUT2D eigenvalue weighted by Gasteiger charge is 2.49. The van der Waals surface area contributed by atoms with E-state index in [-0.39, 0.29) is 0 Å². The molecule has 14 aromatic carbocycles. The number of para-hydroxylation sites is 4. The molecule has 0 spiro atoms. The molecule has 0 radical (unpaired) electrons. The van der Waals surface area contributed by atoms with Crippen LogP contribution in [0.25, 0.3) is 143 Å². The second kappa shape index (κ2) is 19.9. The molecule has 6 nitrogen and oxygen atoms in total. The van der Waals surface area contributed by atoms with Crippen LogP contribution < -0.4 is 9.80 Å². The molecule has 4 aliphatic heterocycles. The minimum Gasteiger partial charge on any atom is -0.456 e. The Morgan fingerprint density at radius 3 is 0.627 bits per heavy atom. The Morgan fingerprint density at radius 1 is 0.186 bits per heavy atom. The van der Waals surface area contributed by atoms with E-state index in [0.717, 1.165) is 110 Å². The highest BCUT2D eigenvalue weighted by atomic mass is 16.3. The molecule has 0 unspecified atom stereocenters. The summed E-state index contributed by atoms with van der Waals surface area (Å²) in [6, 6.07) is 99.4. The smallest absolute Gasteiger partial charge is 0.135 e. The first-order chi connectivity index (χ1) is 49.5. The summed E-state index contributed by atoms with van der Waals surface area (Å²) in [6.07, 6.45) is 0. The van der Waals surface area contributed by atoms with Gasteiger partial charge in [-0.2, -0.15) is 0 Å². The van der Waals surface area contributed by atoms with Crippen molar-refractivity contribution < 1.29 is 17.7 Å². The van der Waals surface area contributed by atoms with Crippen molar-refractivity contribution in [3.8, 4) is 55.6 Å². The molecule has 4 aliphatic rings. The number of nitrogens with zero attached hydrogens (tertiary/aromatic N) is 2. The van der Waals surface area contributed by atoms with E-state index >= 15 is 0 Å². The Morgan fingerprint density at radius 2 is 0.382 bits per heavy atom. The SMILES string of the molecule is CC1(C)c2cc(-c3ccc4oc5ccccc5c4c3)ccc2N2c3ccc(-c4ccc5oc6ccccc6c5c4)cc3C(C)(C)c3cc(-c4cc5c6c(c4)C(C)(C)c4cc(-c7ccc8oc9ccccc9c8c7)ccc4N6c4ccc(-c6ccc7oc8ccccc8c7c6)cc4C5(C)C)cc1c32. The fourth-order valence-electron chi connectivity index (χ4n) is 18.6. The van der Waals surface area contributed by atoms with Gasteiger partial charge >= 0.3 is 0 Å². The van der Waals surface area contributed by atoms with Gasteiger partial charge in [-0.1, -0.05) is 177 Å². The third-order valence-corrected chi connectivity index (χ3v) is 24.2. The molecule has 0 aliphatic carbocycles. The summed E-state index contributed by atoms with van der Waals surface area (Å²) in [5, 5.41) is 8.99. The number of anilines is 6. The molecule has 102 heavy (non-hydrogen) atoms. The van der Waals surface area contributed by atoms with E-state index in [2.05, 4.69) is 308 Å². The van der Waals surface area contributed by atoms with E-state index in [4.69, 9.17) is 17.7 Å². The zero-order valence-electron chi connectivity index (χ0n) is 57.9. The van der Waals surface area contributed by atoms with Crippen LogP contribution in [0.3, 0.4) is 0 Å². The Bertz CT molecular complexity index is 5990. The van der Waals surface area contributed by atoms with E-state index in [0.29, 0.717) is 0 Å². The van der Waals surface area contributed by atoms with Crippen molar-refractivity contribution in [3.05, 3.63) is 311 Å². The molecule has 0 fully saturated rings. The van der Waals surface area contributed by atoms with Gasteiger partial charge in [-0.25, -0.2) is 0 Å². The van der Waals surface area contributed by atoms with E-state index in [1.54, 1.807) is 0 Å². The summed E-state index contributed by atoms with van der Waals surface area (Å²) < 4.78 is 25.6. The number of hydrogen-bond acceptors (Lipinski definition) is 6.